The summed E-state index contributed by atoms with van der Waals surface area (Å²) in [5.74, 6) is -0.367. The Morgan fingerprint density at radius 2 is 1.25 bits per heavy atom. The predicted molar refractivity (Wildman–Crippen MR) is 125 cm³/mol. The number of hydrogen-bond acceptors (Lipinski definition) is 6. The minimum Gasteiger partial charge on any atom is -0.463 e. The van der Waals surface area contributed by atoms with Gasteiger partial charge in [0.15, 0.2) is 0 Å². The summed E-state index contributed by atoms with van der Waals surface area (Å²) < 4.78 is 25.4. The molecule has 0 unspecified atom stereocenters. The number of esters is 1. The molecule has 0 radical (unpaired) electrons. The van der Waals surface area contributed by atoms with Crippen LogP contribution in [0.1, 0.15) is 110 Å². The van der Waals surface area contributed by atoms with Gasteiger partial charge in [-0.15, -0.1) is 0 Å². The average Bonchev–Trinajstić information content (AvgIpc) is 2.75. The fraction of sp³-hybridized carbons (Fsp3) is 0.957. The minimum absolute atomic E-state index is 0.0359. The molecule has 0 bridgehead atoms. The van der Waals surface area contributed by atoms with E-state index in [1.54, 1.807) is 0 Å². The summed E-state index contributed by atoms with van der Waals surface area (Å²) in [4.78, 5) is 29.3. The molecule has 0 fully saturated rings. The van der Waals surface area contributed by atoms with Gasteiger partial charge in [-0.3, -0.25) is 9.32 Å². The second-order valence-electron chi connectivity index (χ2n) is 8.39. The van der Waals surface area contributed by atoms with E-state index < -0.39 is 20.5 Å². The number of phosphoric ester groups is 1. The molecule has 0 aliphatic heterocycles. The summed E-state index contributed by atoms with van der Waals surface area (Å²) in [7, 11) is -4.63. The molecule has 0 aromatic rings. The first kappa shape index (κ1) is 31.5. The van der Waals surface area contributed by atoms with Gasteiger partial charge in [-0.2, -0.15) is 0 Å². The summed E-state index contributed by atoms with van der Waals surface area (Å²) in [5.41, 5.74) is 0. The SMILES string of the molecule is CCCCCCCCCCCCCCCCCC(=O)OC[C@@H](COP(=O)(O)O)OCCO. The fourth-order valence-corrected chi connectivity index (χ4v) is 3.80. The summed E-state index contributed by atoms with van der Waals surface area (Å²) in [6.45, 7) is 1.38. The Labute approximate surface area is 194 Å². The third kappa shape index (κ3) is 24.1. The molecular weight excluding hydrogens is 435 g/mol. The Morgan fingerprint density at radius 1 is 0.781 bits per heavy atom. The molecule has 0 heterocycles. The molecule has 0 saturated carbocycles. The Balaban J connectivity index is 3.55. The second-order valence-corrected chi connectivity index (χ2v) is 9.62. The van der Waals surface area contributed by atoms with Crippen molar-refractivity contribution in [2.45, 2.75) is 116 Å². The van der Waals surface area contributed by atoms with Crippen molar-refractivity contribution in [1.82, 2.24) is 0 Å². The highest BCUT2D eigenvalue weighted by Gasteiger charge is 2.20. The lowest BCUT2D eigenvalue weighted by Crippen LogP contribution is -2.28. The van der Waals surface area contributed by atoms with Crippen molar-refractivity contribution in [1.29, 1.82) is 0 Å². The zero-order valence-corrected chi connectivity index (χ0v) is 20.9. The van der Waals surface area contributed by atoms with Crippen molar-refractivity contribution in [3.05, 3.63) is 0 Å². The van der Waals surface area contributed by atoms with Crippen molar-refractivity contribution < 1.29 is 38.3 Å². The van der Waals surface area contributed by atoms with Gasteiger partial charge < -0.3 is 24.4 Å². The number of carbonyl (C=O) groups is 1. The lowest BCUT2D eigenvalue weighted by atomic mass is 10.0. The molecule has 32 heavy (non-hydrogen) atoms. The summed E-state index contributed by atoms with van der Waals surface area (Å²) >= 11 is 0. The van der Waals surface area contributed by atoms with E-state index in [4.69, 9.17) is 24.4 Å². The van der Waals surface area contributed by atoms with E-state index in [0.717, 1.165) is 19.3 Å². The molecule has 0 rings (SSSR count). The average molecular weight is 483 g/mol. The smallest absolute Gasteiger partial charge is 0.463 e. The van der Waals surface area contributed by atoms with Crippen molar-refractivity contribution in [2.75, 3.05) is 26.4 Å². The molecule has 0 saturated heterocycles. The van der Waals surface area contributed by atoms with E-state index in [-0.39, 0.29) is 25.8 Å². The van der Waals surface area contributed by atoms with Crippen molar-refractivity contribution in [3.8, 4) is 0 Å². The number of hydrogen-bond donors (Lipinski definition) is 3. The second kappa shape index (κ2) is 22.3. The van der Waals surface area contributed by atoms with E-state index in [0.29, 0.717) is 6.42 Å². The molecule has 192 valence electrons. The summed E-state index contributed by atoms with van der Waals surface area (Å²) in [6.07, 6.45) is 18.4. The first-order valence-electron chi connectivity index (χ1n) is 12.5. The van der Waals surface area contributed by atoms with Crippen LogP contribution in [0.15, 0.2) is 0 Å². The Kier molecular flexibility index (Phi) is 22.0. The van der Waals surface area contributed by atoms with Gasteiger partial charge in [0.25, 0.3) is 0 Å². The van der Waals surface area contributed by atoms with Crippen LogP contribution in [-0.2, 0) is 23.4 Å². The van der Waals surface area contributed by atoms with E-state index in [9.17, 15) is 9.36 Å². The normalized spacial score (nSPS) is 12.8. The van der Waals surface area contributed by atoms with Crippen LogP contribution < -0.4 is 0 Å². The summed E-state index contributed by atoms with van der Waals surface area (Å²) in [6, 6.07) is 0. The topological polar surface area (TPSA) is 123 Å². The minimum atomic E-state index is -4.63. The number of carbonyl (C=O) groups excluding carboxylic acids is 1. The fourth-order valence-electron chi connectivity index (χ4n) is 3.44. The highest BCUT2D eigenvalue weighted by Crippen LogP contribution is 2.35. The molecular formula is C23H47O8P. The molecule has 8 nitrogen and oxygen atoms in total. The van der Waals surface area contributed by atoms with E-state index in [1.165, 1.54) is 77.0 Å². The van der Waals surface area contributed by atoms with Crippen LogP contribution in [0.25, 0.3) is 0 Å². The molecule has 0 aromatic heterocycles. The third-order valence-electron chi connectivity index (χ3n) is 5.29. The molecule has 0 aliphatic carbocycles. The maximum atomic E-state index is 11.8. The number of aliphatic hydroxyl groups is 1. The van der Waals surface area contributed by atoms with Gasteiger partial charge in [-0.25, -0.2) is 4.57 Å². The zero-order chi connectivity index (χ0) is 23.9. The Morgan fingerprint density at radius 3 is 1.69 bits per heavy atom. The number of unbranched alkanes of at least 4 members (excludes halogenated alkanes) is 14. The molecule has 9 heteroatoms. The quantitative estimate of drug-likeness (QED) is 0.0965. The van der Waals surface area contributed by atoms with Gasteiger partial charge in [0, 0.05) is 6.42 Å². The number of phosphoric acid groups is 1. The highest BCUT2D eigenvalue weighted by atomic mass is 31.2. The van der Waals surface area contributed by atoms with Crippen molar-refractivity contribution >= 4 is 13.8 Å². The van der Waals surface area contributed by atoms with Crippen LogP contribution in [0.3, 0.4) is 0 Å². The lowest BCUT2D eigenvalue weighted by molar-refractivity contribution is -0.149. The van der Waals surface area contributed by atoms with Crippen LogP contribution in [0.5, 0.6) is 0 Å². The van der Waals surface area contributed by atoms with Gasteiger partial charge in [0.1, 0.15) is 12.7 Å². The molecule has 0 aliphatic rings. The van der Waals surface area contributed by atoms with Gasteiger partial charge in [-0.1, -0.05) is 96.8 Å². The number of ether oxygens (including phenoxy) is 2. The third-order valence-corrected chi connectivity index (χ3v) is 5.77. The van der Waals surface area contributed by atoms with E-state index in [1.807, 2.05) is 0 Å². The van der Waals surface area contributed by atoms with Crippen molar-refractivity contribution in [2.24, 2.45) is 0 Å². The Bertz CT molecular complexity index is 469. The molecule has 0 spiro atoms. The number of aliphatic hydroxyl groups excluding tert-OH is 1. The van der Waals surface area contributed by atoms with E-state index in [2.05, 4.69) is 11.4 Å². The standard InChI is InChI=1S/C23H47O8P/c1-2-3-4-5-6-7-8-9-10-11-12-13-14-15-16-17-23(25)30-20-22(29-19-18-24)21-31-32(26,27)28/h22,24H,2-21H2,1H3,(H2,26,27,28)/t22-/m0/s1. The van der Waals surface area contributed by atoms with Crippen molar-refractivity contribution in [3.63, 3.8) is 0 Å². The summed E-state index contributed by atoms with van der Waals surface area (Å²) in [5, 5.41) is 8.80. The lowest BCUT2D eigenvalue weighted by Gasteiger charge is -2.17. The largest absolute Gasteiger partial charge is 0.469 e. The van der Waals surface area contributed by atoms with E-state index >= 15 is 0 Å². The molecule has 1 atom stereocenters. The molecule has 0 amide bonds. The van der Waals surface area contributed by atoms with Gasteiger partial charge in [-0.05, 0) is 6.42 Å². The van der Waals surface area contributed by atoms with Crippen LogP contribution >= 0.6 is 7.82 Å². The van der Waals surface area contributed by atoms with Crippen LogP contribution in [0.2, 0.25) is 0 Å². The maximum Gasteiger partial charge on any atom is 0.469 e. The van der Waals surface area contributed by atoms with Crippen LogP contribution in [0, 0.1) is 0 Å². The number of rotatable bonds is 24. The van der Waals surface area contributed by atoms with Crippen LogP contribution in [-0.4, -0.2) is 53.4 Å². The van der Waals surface area contributed by atoms with Gasteiger partial charge in [0.2, 0.25) is 0 Å². The van der Waals surface area contributed by atoms with Crippen LogP contribution in [0.4, 0.5) is 0 Å². The molecule has 0 aromatic carbocycles. The maximum absolute atomic E-state index is 11.8. The first-order chi connectivity index (χ1) is 15.4. The first-order valence-corrected chi connectivity index (χ1v) is 14.0. The van der Waals surface area contributed by atoms with Gasteiger partial charge >= 0.3 is 13.8 Å². The predicted octanol–water partition coefficient (Wildman–Crippen LogP) is 5.28. The Hall–Kier alpha value is -0.500. The van der Waals surface area contributed by atoms with Gasteiger partial charge in [0.05, 0.1) is 19.8 Å². The highest BCUT2D eigenvalue weighted by molar-refractivity contribution is 7.46. The zero-order valence-electron chi connectivity index (χ0n) is 20.0. The molecule has 3 N–H and O–H groups in total. The monoisotopic (exact) mass is 482 g/mol.